The number of benzene rings is 4. The summed E-state index contributed by atoms with van der Waals surface area (Å²) in [5, 5.41) is 6.04. The Morgan fingerprint density at radius 3 is 2.37 bits per heavy atom. The minimum atomic E-state index is -0.779. The maximum absolute atomic E-state index is 14.1. The van der Waals surface area contributed by atoms with E-state index in [4.69, 9.17) is 21.2 Å². The van der Waals surface area contributed by atoms with Gasteiger partial charge in [0.2, 0.25) is 0 Å². The van der Waals surface area contributed by atoms with Crippen LogP contribution in [-0.2, 0) is 4.84 Å². The van der Waals surface area contributed by atoms with Gasteiger partial charge in [0, 0.05) is 27.1 Å². The van der Waals surface area contributed by atoms with Crippen LogP contribution < -0.4 is 4.74 Å². The van der Waals surface area contributed by atoms with Crippen LogP contribution >= 0.6 is 11.6 Å². The highest BCUT2D eigenvalue weighted by atomic mass is 35.5. The van der Waals surface area contributed by atoms with Gasteiger partial charge in [0.1, 0.15) is 23.2 Å². The van der Waals surface area contributed by atoms with Crippen LogP contribution in [0.1, 0.15) is 27.6 Å². The van der Waals surface area contributed by atoms with Crippen molar-refractivity contribution in [2.24, 2.45) is 11.1 Å². The number of nitrogens with one attached hydrogen (secondary N) is 1. The summed E-state index contributed by atoms with van der Waals surface area (Å²) in [6.07, 6.45) is -0.730. The summed E-state index contributed by atoms with van der Waals surface area (Å²) in [5.41, 5.74) is 5.03. The van der Waals surface area contributed by atoms with Gasteiger partial charge in [0.05, 0.1) is 12.8 Å². The van der Waals surface area contributed by atoms with Crippen LogP contribution in [-0.4, -0.2) is 23.6 Å². The lowest BCUT2D eigenvalue weighted by Crippen LogP contribution is -2.27. The topological polar surface area (TPSA) is 63.7 Å². The highest BCUT2D eigenvalue weighted by Crippen LogP contribution is 2.42. The van der Waals surface area contributed by atoms with Crippen molar-refractivity contribution in [3.63, 3.8) is 0 Å². The van der Waals surface area contributed by atoms with Crippen molar-refractivity contribution in [3.05, 3.63) is 125 Å². The predicted molar refractivity (Wildman–Crippen MR) is 146 cm³/mol. The molecule has 2 unspecified atom stereocenters. The van der Waals surface area contributed by atoms with E-state index in [1.807, 2.05) is 48.5 Å². The summed E-state index contributed by atoms with van der Waals surface area (Å²) >= 11 is 6.16. The molecule has 0 saturated carbocycles. The molecule has 0 bridgehead atoms. The SMILES string of the molecule is COc1ccc(C(=O)C2C(c3c(-c4ccc(Cl)cc4)[nH]c4ccccc34)=NOC2c2ccc(F)cc2)cc1. The van der Waals surface area contributed by atoms with Crippen LogP contribution in [0, 0.1) is 11.7 Å². The second-order valence-electron chi connectivity index (χ2n) is 9.05. The maximum atomic E-state index is 14.1. The molecule has 0 saturated heterocycles. The normalized spacial score (nSPS) is 16.8. The number of aromatic amines is 1. The fourth-order valence-electron chi connectivity index (χ4n) is 4.92. The number of nitrogens with zero attached hydrogens (tertiary/aromatic N) is 1. The number of methoxy groups -OCH3 is 1. The van der Waals surface area contributed by atoms with E-state index < -0.39 is 12.0 Å². The van der Waals surface area contributed by atoms with Crippen LogP contribution in [0.15, 0.2) is 102 Å². The van der Waals surface area contributed by atoms with E-state index in [1.165, 1.54) is 12.1 Å². The van der Waals surface area contributed by atoms with Crippen LogP contribution in [0.3, 0.4) is 0 Å². The first-order valence-electron chi connectivity index (χ1n) is 12.1. The zero-order valence-corrected chi connectivity index (χ0v) is 21.1. The highest BCUT2D eigenvalue weighted by molar-refractivity contribution is 6.30. The van der Waals surface area contributed by atoms with Gasteiger partial charge in [-0.05, 0) is 65.7 Å². The van der Waals surface area contributed by atoms with Crippen LogP contribution in [0.5, 0.6) is 5.75 Å². The molecule has 1 aliphatic heterocycles. The summed E-state index contributed by atoms with van der Waals surface area (Å²) in [6, 6.07) is 28.3. The quantitative estimate of drug-likeness (QED) is 0.232. The van der Waals surface area contributed by atoms with E-state index >= 15 is 0 Å². The van der Waals surface area contributed by atoms with Gasteiger partial charge < -0.3 is 14.6 Å². The Morgan fingerprint density at radius 2 is 1.66 bits per heavy atom. The number of rotatable bonds is 6. The van der Waals surface area contributed by atoms with Crippen molar-refractivity contribution >= 4 is 34.0 Å². The van der Waals surface area contributed by atoms with E-state index in [2.05, 4.69) is 10.1 Å². The molecule has 5 nitrogen and oxygen atoms in total. The molecule has 1 N–H and O–H groups in total. The monoisotopic (exact) mass is 524 g/mol. The number of carbonyl (C=O) groups excluding carboxylic acids is 1. The first-order valence-corrected chi connectivity index (χ1v) is 12.5. The van der Waals surface area contributed by atoms with Gasteiger partial charge in [-0.3, -0.25) is 4.79 Å². The molecule has 0 fully saturated rings. The van der Waals surface area contributed by atoms with Gasteiger partial charge in [-0.25, -0.2) is 4.39 Å². The number of fused-ring (bicyclic) bond motifs is 1. The average molecular weight is 525 g/mol. The fourth-order valence-corrected chi connectivity index (χ4v) is 5.05. The van der Waals surface area contributed by atoms with Gasteiger partial charge in [0.15, 0.2) is 11.9 Å². The number of oxime groups is 1. The molecule has 0 aliphatic carbocycles. The van der Waals surface area contributed by atoms with Gasteiger partial charge in [0.25, 0.3) is 0 Å². The number of hydrogen-bond donors (Lipinski definition) is 1. The van der Waals surface area contributed by atoms with E-state index in [9.17, 15) is 9.18 Å². The minimum Gasteiger partial charge on any atom is -0.497 e. The van der Waals surface area contributed by atoms with Gasteiger partial charge in [-0.2, -0.15) is 0 Å². The fraction of sp³-hybridized carbons (Fsp3) is 0.0968. The Kier molecular flexibility index (Phi) is 6.18. The van der Waals surface area contributed by atoms with Crippen molar-refractivity contribution in [3.8, 4) is 17.0 Å². The smallest absolute Gasteiger partial charge is 0.176 e. The molecule has 0 spiro atoms. The second-order valence-corrected chi connectivity index (χ2v) is 9.49. The Labute approximate surface area is 223 Å². The van der Waals surface area contributed by atoms with Gasteiger partial charge in [-0.15, -0.1) is 0 Å². The predicted octanol–water partition coefficient (Wildman–Crippen LogP) is 7.61. The number of hydrogen-bond acceptors (Lipinski definition) is 4. The summed E-state index contributed by atoms with van der Waals surface area (Å²) in [5.74, 6) is -0.660. The Balaban J connectivity index is 1.53. The number of H-pyrrole nitrogens is 1. The summed E-state index contributed by atoms with van der Waals surface area (Å²) in [4.78, 5) is 23.6. The second kappa shape index (κ2) is 9.80. The maximum Gasteiger partial charge on any atom is 0.176 e. The molecule has 6 rings (SSSR count). The molecule has 5 aromatic rings. The molecule has 7 heteroatoms. The van der Waals surface area contributed by atoms with Crippen molar-refractivity contribution in [1.29, 1.82) is 0 Å². The van der Waals surface area contributed by atoms with E-state index in [-0.39, 0.29) is 11.6 Å². The Bertz CT molecular complexity index is 1660. The molecule has 38 heavy (non-hydrogen) atoms. The molecular weight excluding hydrogens is 503 g/mol. The molecule has 1 aromatic heterocycles. The molecule has 4 aromatic carbocycles. The standard InChI is InChI=1S/C31H22ClFN2O3/c1-37-23-16-10-19(11-17-23)30(36)27-29(35-38-31(27)20-8-14-22(33)15-9-20)26-24-4-2-3-5-25(24)34-28(26)18-6-12-21(32)13-7-18/h2-17,27,31,34H,1H3. The van der Waals surface area contributed by atoms with E-state index in [1.54, 1.807) is 43.5 Å². The van der Waals surface area contributed by atoms with Crippen molar-refractivity contribution in [2.75, 3.05) is 7.11 Å². The van der Waals surface area contributed by atoms with Gasteiger partial charge in [-0.1, -0.05) is 59.2 Å². The molecule has 0 radical (unpaired) electrons. The summed E-state index contributed by atoms with van der Waals surface area (Å²) in [7, 11) is 1.58. The number of para-hydroxylation sites is 1. The first kappa shape index (κ1) is 23.9. The summed E-state index contributed by atoms with van der Waals surface area (Å²) in [6.45, 7) is 0. The van der Waals surface area contributed by atoms with E-state index in [0.717, 1.165) is 27.7 Å². The Morgan fingerprint density at radius 1 is 0.947 bits per heavy atom. The number of ether oxygens (including phenoxy) is 1. The lowest BCUT2D eigenvalue weighted by atomic mass is 9.82. The minimum absolute atomic E-state index is 0.162. The number of ketones is 1. The largest absolute Gasteiger partial charge is 0.497 e. The molecule has 2 atom stereocenters. The zero-order chi connectivity index (χ0) is 26.2. The lowest BCUT2D eigenvalue weighted by Gasteiger charge is -2.19. The molecular formula is C31H22ClFN2O3. The summed E-state index contributed by atoms with van der Waals surface area (Å²) < 4.78 is 19.0. The zero-order valence-electron chi connectivity index (χ0n) is 20.3. The van der Waals surface area contributed by atoms with E-state index in [0.29, 0.717) is 27.6 Å². The number of aromatic nitrogens is 1. The van der Waals surface area contributed by atoms with Crippen molar-refractivity contribution in [1.82, 2.24) is 4.98 Å². The lowest BCUT2D eigenvalue weighted by molar-refractivity contribution is 0.0533. The van der Waals surface area contributed by atoms with Crippen LogP contribution in [0.4, 0.5) is 4.39 Å². The Hall–Kier alpha value is -4.42. The third-order valence-electron chi connectivity index (χ3n) is 6.81. The molecule has 2 heterocycles. The van der Waals surface area contributed by atoms with Crippen molar-refractivity contribution < 1.29 is 18.8 Å². The average Bonchev–Trinajstić information content (AvgIpc) is 3.55. The van der Waals surface area contributed by atoms with Gasteiger partial charge >= 0.3 is 0 Å². The molecule has 1 aliphatic rings. The molecule has 188 valence electrons. The number of halogens is 2. The number of Topliss-reactive ketones (excluding diaryl/α,β-unsaturated/α-hetero) is 1. The molecule has 0 amide bonds. The third-order valence-corrected chi connectivity index (χ3v) is 7.06. The van der Waals surface area contributed by atoms with Crippen LogP contribution in [0.25, 0.3) is 22.2 Å². The van der Waals surface area contributed by atoms with Crippen LogP contribution in [0.2, 0.25) is 5.02 Å². The highest BCUT2D eigenvalue weighted by Gasteiger charge is 2.43. The first-order chi connectivity index (χ1) is 18.5. The van der Waals surface area contributed by atoms with Crippen molar-refractivity contribution in [2.45, 2.75) is 6.10 Å². The number of carbonyl (C=O) groups is 1. The third kappa shape index (κ3) is 4.23.